The molecule has 0 spiro atoms. The van der Waals surface area contributed by atoms with Crippen LogP contribution in [0.25, 0.3) is 0 Å². The molecule has 0 aliphatic heterocycles. The number of carbonyl (C=O) groups excluding carboxylic acids is 1. The summed E-state index contributed by atoms with van der Waals surface area (Å²) in [6.07, 6.45) is 0.225. The molecular weight excluding hydrogens is 242 g/mol. The highest BCUT2D eigenvalue weighted by Crippen LogP contribution is 2.16. The van der Waals surface area contributed by atoms with Gasteiger partial charge in [0.15, 0.2) is 5.69 Å². The third kappa shape index (κ3) is 3.93. The van der Waals surface area contributed by atoms with Crippen LogP contribution in [0.2, 0.25) is 5.02 Å². The zero-order valence-electron chi connectivity index (χ0n) is 9.53. The largest absolute Gasteiger partial charge is 0.469 e. The second-order valence-corrected chi connectivity index (χ2v) is 3.87. The second-order valence-electron chi connectivity index (χ2n) is 3.46. The maximum absolute atomic E-state index is 11.0. The summed E-state index contributed by atoms with van der Waals surface area (Å²) < 4.78 is 4.55. The van der Waals surface area contributed by atoms with E-state index >= 15 is 0 Å². The van der Waals surface area contributed by atoms with Crippen LogP contribution in [0, 0.1) is 11.3 Å². The van der Waals surface area contributed by atoms with Gasteiger partial charge in [0.1, 0.15) is 11.9 Å². The van der Waals surface area contributed by atoms with Gasteiger partial charge in [-0.2, -0.15) is 5.26 Å². The van der Waals surface area contributed by atoms with Crippen LogP contribution in [-0.2, 0) is 9.53 Å². The number of aromatic nitrogens is 1. The van der Waals surface area contributed by atoms with Gasteiger partial charge in [0.25, 0.3) is 0 Å². The number of ether oxygens (including phenoxy) is 1. The molecule has 1 rings (SSSR count). The molecule has 1 heterocycles. The maximum Gasteiger partial charge on any atom is 0.307 e. The number of methoxy groups -OCH3 is 1. The van der Waals surface area contributed by atoms with Gasteiger partial charge in [0.2, 0.25) is 0 Å². The fourth-order valence-electron chi connectivity index (χ4n) is 1.24. The molecule has 90 valence electrons. The molecule has 0 fully saturated rings. The zero-order valence-corrected chi connectivity index (χ0v) is 10.3. The van der Waals surface area contributed by atoms with Crippen molar-refractivity contribution in [1.29, 1.82) is 5.26 Å². The maximum atomic E-state index is 11.0. The van der Waals surface area contributed by atoms with Crippen LogP contribution >= 0.6 is 11.6 Å². The highest BCUT2D eigenvalue weighted by Gasteiger charge is 2.10. The number of pyridine rings is 1. The Kier molecular flexibility index (Phi) is 4.73. The van der Waals surface area contributed by atoms with Crippen LogP contribution in [0.3, 0.4) is 0 Å². The molecule has 1 aromatic heterocycles. The third-order valence-corrected chi connectivity index (χ3v) is 2.35. The first-order valence-corrected chi connectivity index (χ1v) is 5.34. The first kappa shape index (κ1) is 13.3. The van der Waals surface area contributed by atoms with E-state index in [9.17, 15) is 4.79 Å². The summed E-state index contributed by atoms with van der Waals surface area (Å²) in [5.74, 6) is 0.196. The lowest BCUT2D eigenvalue weighted by Gasteiger charge is -2.13. The fraction of sp³-hybridized carbons (Fsp3) is 0.364. The average Bonchev–Trinajstić information content (AvgIpc) is 2.31. The molecule has 6 heteroatoms. The SMILES string of the molecule is COC(=O)CC(C)Nc1ccc(Cl)c(C#N)n1. The van der Waals surface area contributed by atoms with E-state index in [1.807, 2.05) is 13.0 Å². The minimum Gasteiger partial charge on any atom is -0.469 e. The normalized spacial score (nSPS) is 11.4. The molecule has 1 atom stereocenters. The van der Waals surface area contributed by atoms with Crippen molar-refractivity contribution in [1.82, 2.24) is 4.98 Å². The number of carbonyl (C=O) groups is 1. The average molecular weight is 254 g/mol. The minimum absolute atomic E-state index is 0.136. The van der Waals surface area contributed by atoms with Crippen molar-refractivity contribution in [3.8, 4) is 6.07 Å². The Labute approximate surface area is 104 Å². The van der Waals surface area contributed by atoms with E-state index in [1.165, 1.54) is 7.11 Å². The number of nitrogens with one attached hydrogen (secondary N) is 1. The minimum atomic E-state index is -0.306. The number of rotatable bonds is 4. The molecule has 0 saturated heterocycles. The lowest BCUT2D eigenvalue weighted by molar-refractivity contribution is -0.140. The number of esters is 1. The van der Waals surface area contributed by atoms with E-state index in [-0.39, 0.29) is 24.1 Å². The molecule has 0 bridgehead atoms. The summed E-state index contributed by atoms with van der Waals surface area (Å²) in [6.45, 7) is 1.82. The van der Waals surface area contributed by atoms with E-state index in [0.29, 0.717) is 10.8 Å². The third-order valence-electron chi connectivity index (χ3n) is 2.05. The molecule has 0 radical (unpaired) electrons. The van der Waals surface area contributed by atoms with E-state index in [4.69, 9.17) is 16.9 Å². The second kappa shape index (κ2) is 6.06. The number of hydrogen-bond acceptors (Lipinski definition) is 5. The van der Waals surface area contributed by atoms with Gasteiger partial charge in [-0.3, -0.25) is 4.79 Å². The van der Waals surface area contributed by atoms with Crippen LogP contribution in [0.15, 0.2) is 12.1 Å². The van der Waals surface area contributed by atoms with E-state index < -0.39 is 0 Å². The zero-order chi connectivity index (χ0) is 12.8. The molecular formula is C11H12ClN3O2. The molecule has 0 saturated carbocycles. The Hall–Kier alpha value is -1.80. The smallest absolute Gasteiger partial charge is 0.307 e. The molecule has 0 aliphatic carbocycles. The topological polar surface area (TPSA) is 75.0 Å². The van der Waals surface area contributed by atoms with Gasteiger partial charge in [-0.1, -0.05) is 11.6 Å². The predicted octanol–water partition coefficient (Wildman–Crippen LogP) is 1.97. The molecule has 1 N–H and O–H groups in total. The summed E-state index contributed by atoms with van der Waals surface area (Å²) in [7, 11) is 1.34. The fourth-order valence-corrected chi connectivity index (χ4v) is 1.39. The molecule has 1 aromatic rings. The van der Waals surface area contributed by atoms with Gasteiger partial charge < -0.3 is 10.1 Å². The Morgan fingerprint density at radius 1 is 1.71 bits per heavy atom. The predicted molar refractivity (Wildman–Crippen MR) is 63.7 cm³/mol. The highest BCUT2D eigenvalue weighted by atomic mass is 35.5. The lowest BCUT2D eigenvalue weighted by Crippen LogP contribution is -2.21. The van der Waals surface area contributed by atoms with Crippen LogP contribution in [0.1, 0.15) is 19.0 Å². The van der Waals surface area contributed by atoms with Gasteiger partial charge in [-0.15, -0.1) is 0 Å². The van der Waals surface area contributed by atoms with E-state index in [1.54, 1.807) is 12.1 Å². The number of halogens is 1. The monoisotopic (exact) mass is 253 g/mol. The Balaban J connectivity index is 2.69. The summed E-state index contributed by atoms with van der Waals surface area (Å²) >= 11 is 5.75. The number of nitrogens with zero attached hydrogens (tertiary/aromatic N) is 2. The summed E-state index contributed by atoms with van der Waals surface area (Å²) in [5.41, 5.74) is 0.155. The standard InChI is InChI=1S/C11H12ClN3O2/c1-7(5-11(16)17-2)14-10-4-3-8(12)9(6-13)15-10/h3-4,7H,5H2,1-2H3,(H,14,15). The van der Waals surface area contributed by atoms with Crippen molar-refractivity contribution in [3.63, 3.8) is 0 Å². The Morgan fingerprint density at radius 3 is 3.00 bits per heavy atom. The van der Waals surface area contributed by atoms with Crippen molar-refractivity contribution in [3.05, 3.63) is 22.8 Å². The molecule has 0 aliphatic rings. The Morgan fingerprint density at radius 2 is 2.41 bits per heavy atom. The van der Waals surface area contributed by atoms with Crippen LogP contribution in [0.5, 0.6) is 0 Å². The van der Waals surface area contributed by atoms with E-state index in [2.05, 4.69) is 15.0 Å². The molecule has 5 nitrogen and oxygen atoms in total. The Bertz CT molecular complexity index is 457. The molecule has 0 aromatic carbocycles. The molecule has 1 unspecified atom stereocenters. The van der Waals surface area contributed by atoms with Gasteiger partial charge in [-0.25, -0.2) is 4.98 Å². The van der Waals surface area contributed by atoms with Crippen molar-refractivity contribution in [2.24, 2.45) is 0 Å². The van der Waals surface area contributed by atoms with Crippen molar-refractivity contribution in [2.75, 3.05) is 12.4 Å². The van der Waals surface area contributed by atoms with Crippen molar-refractivity contribution < 1.29 is 9.53 Å². The highest BCUT2D eigenvalue weighted by molar-refractivity contribution is 6.31. The van der Waals surface area contributed by atoms with Crippen LogP contribution in [0.4, 0.5) is 5.82 Å². The van der Waals surface area contributed by atoms with Crippen molar-refractivity contribution >= 4 is 23.4 Å². The quantitative estimate of drug-likeness (QED) is 0.831. The number of hydrogen-bond donors (Lipinski definition) is 1. The first-order chi connectivity index (χ1) is 8.06. The first-order valence-electron chi connectivity index (χ1n) is 4.96. The summed E-state index contributed by atoms with van der Waals surface area (Å²) in [5, 5.41) is 12.1. The lowest BCUT2D eigenvalue weighted by atomic mass is 10.2. The molecule has 0 amide bonds. The summed E-state index contributed by atoms with van der Waals surface area (Å²) in [4.78, 5) is 15.0. The van der Waals surface area contributed by atoms with Gasteiger partial charge in [0, 0.05) is 6.04 Å². The van der Waals surface area contributed by atoms with Gasteiger partial charge in [-0.05, 0) is 19.1 Å². The van der Waals surface area contributed by atoms with Crippen LogP contribution < -0.4 is 5.32 Å². The number of anilines is 1. The van der Waals surface area contributed by atoms with Crippen molar-refractivity contribution in [2.45, 2.75) is 19.4 Å². The number of nitriles is 1. The van der Waals surface area contributed by atoms with E-state index in [0.717, 1.165) is 0 Å². The van der Waals surface area contributed by atoms with Gasteiger partial charge in [0.05, 0.1) is 18.6 Å². The van der Waals surface area contributed by atoms with Gasteiger partial charge >= 0.3 is 5.97 Å². The van der Waals surface area contributed by atoms with Crippen LogP contribution in [-0.4, -0.2) is 24.1 Å². The summed E-state index contributed by atoms with van der Waals surface area (Å²) in [6, 6.07) is 4.98. The molecule has 17 heavy (non-hydrogen) atoms.